The van der Waals surface area contributed by atoms with Crippen LogP contribution in [0.3, 0.4) is 0 Å². The zero-order valence-corrected chi connectivity index (χ0v) is 11.3. The number of hydrogen-bond acceptors (Lipinski definition) is 5. The van der Waals surface area contributed by atoms with Crippen LogP contribution in [0.5, 0.6) is 0 Å². The average molecular weight is 280 g/mol. The van der Waals surface area contributed by atoms with Gasteiger partial charge in [-0.25, -0.2) is 0 Å². The molecule has 0 radical (unpaired) electrons. The molecule has 0 saturated heterocycles. The van der Waals surface area contributed by atoms with Gasteiger partial charge in [-0.15, -0.1) is 10.2 Å². The number of benzene rings is 1. The van der Waals surface area contributed by atoms with E-state index in [2.05, 4.69) is 15.3 Å². The van der Waals surface area contributed by atoms with Crippen molar-refractivity contribution in [3.05, 3.63) is 70.7 Å². The molecule has 0 atom stereocenters. The highest BCUT2D eigenvalue weighted by atomic mass is 16.3. The van der Waals surface area contributed by atoms with Crippen LogP contribution in [-0.2, 0) is 0 Å². The number of hydrogen-bond donors (Lipinski definition) is 0. The summed E-state index contributed by atoms with van der Waals surface area (Å²) in [6.45, 7) is 1.67. The van der Waals surface area contributed by atoms with Gasteiger partial charge in [-0.1, -0.05) is 30.3 Å². The molecule has 0 aliphatic rings. The lowest BCUT2D eigenvalue weighted by Gasteiger charge is -2.04. The normalized spacial score (nSPS) is 11.1. The Labute approximate surface area is 120 Å². The molecule has 2 aromatic heterocycles. The Bertz CT molecular complexity index is 821. The highest BCUT2D eigenvalue weighted by molar-refractivity contribution is 5.75. The fourth-order valence-corrected chi connectivity index (χ4v) is 1.85. The number of aromatic nitrogens is 3. The van der Waals surface area contributed by atoms with Gasteiger partial charge in [-0.3, -0.25) is 4.79 Å². The average Bonchev–Trinajstić information content (AvgIpc) is 3.01. The molecule has 21 heavy (non-hydrogen) atoms. The third kappa shape index (κ3) is 2.64. The third-order valence-electron chi connectivity index (χ3n) is 2.89. The van der Waals surface area contributed by atoms with Gasteiger partial charge in [-0.05, 0) is 19.1 Å². The molecule has 0 aliphatic heterocycles. The van der Waals surface area contributed by atoms with Gasteiger partial charge in [0.15, 0.2) is 11.5 Å². The van der Waals surface area contributed by atoms with Gasteiger partial charge < -0.3 is 4.42 Å². The minimum Gasteiger partial charge on any atom is -0.463 e. The highest BCUT2D eigenvalue weighted by Crippen LogP contribution is 2.11. The van der Waals surface area contributed by atoms with Crippen molar-refractivity contribution in [2.24, 2.45) is 5.10 Å². The molecule has 2 heterocycles. The Balaban J connectivity index is 2.07. The second-order valence-corrected chi connectivity index (χ2v) is 4.34. The smallest absolute Gasteiger partial charge is 0.301 e. The second kappa shape index (κ2) is 5.54. The molecule has 0 aliphatic carbocycles. The van der Waals surface area contributed by atoms with Crippen molar-refractivity contribution in [1.29, 1.82) is 0 Å². The summed E-state index contributed by atoms with van der Waals surface area (Å²) >= 11 is 0. The van der Waals surface area contributed by atoms with Crippen LogP contribution in [0.2, 0.25) is 0 Å². The lowest BCUT2D eigenvalue weighted by atomic mass is 10.2. The van der Waals surface area contributed by atoms with E-state index in [0.717, 1.165) is 0 Å². The first-order valence-electron chi connectivity index (χ1n) is 6.35. The number of furan rings is 1. The summed E-state index contributed by atoms with van der Waals surface area (Å²) in [6, 6.07) is 12.7. The lowest BCUT2D eigenvalue weighted by Crippen LogP contribution is -2.23. The van der Waals surface area contributed by atoms with E-state index in [0.29, 0.717) is 17.1 Å². The van der Waals surface area contributed by atoms with Crippen molar-refractivity contribution >= 4 is 6.21 Å². The maximum absolute atomic E-state index is 12.5. The van der Waals surface area contributed by atoms with Crippen LogP contribution >= 0.6 is 0 Å². The van der Waals surface area contributed by atoms with Crippen LogP contribution < -0.4 is 5.56 Å². The van der Waals surface area contributed by atoms with Crippen LogP contribution in [-0.4, -0.2) is 21.1 Å². The van der Waals surface area contributed by atoms with E-state index >= 15 is 0 Å². The quantitative estimate of drug-likeness (QED) is 0.688. The summed E-state index contributed by atoms with van der Waals surface area (Å²) in [5, 5.41) is 12.1. The van der Waals surface area contributed by atoms with Crippen LogP contribution in [0.1, 0.15) is 11.6 Å². The monoisotopic (exact) mass is 280 g/mol. The van der Waals surface area contributed by atoms with Gasteiger partial charge in [0.1, 0.15) is 5.76 Å². The Hall–Kier alpha value is -3.02. The molecule has 0 fully saturated rings. The fourth-order valence-electron chi connectivity index (χ4n) is 1.85. The van der Waals surface area contributed by atoms with E-state index in [-0.39, 0.29) is 11.3 Å². The number of nitrogens with zero attached hydrogens (tertiary/aromatic N) is 4. The third-order valence-corrected chi connectivity index (χ3v) is 2.89. The molecule has 0 bridgehead atoms. The maximum Gasteiger partial charge on any atom is 0.301 e. The molecule has 104 valence electrons. The van der Waals surface area contributed by atoms with Gasteiger partial charge in [0.2, 0.25) is 0 Å². The van der Waals surface area contributed by atoms with E-state index in [9.17, 15) is 4.79 Å². The Kier molecular flexibility index (Phi) is 3.42. The first kappa shape index (κ1) is 13.0. The number of aryl methyl sites for hydroxylation is 1. The summed E-state index contributed by atoms with van der Waals surface area (Å²) in [6.07, 6.45) is 3.00. The molecule has 0 N–H and O–H groups in total. The number of rotatable bonds is 3. The van der Waals surface area contributed by atoms with Crippen molar-refractivity contribution in [1.82, 2.24) is 14.9 Å². The predicted molar refractivity (Wildman–Crippen MR) is 78.2 cm³/mol. The summed E-state index contributed by atoms with van der Waals surface area (Å²) < 4.78 is 6.36. The molecule has 3 rings (SSSR count). The van der Waals surface area contributed by atoms with Gasteiger partial charge >= 0.3 is 5.56 Å². The second-order valence-electron chi connectivity index (χ2n) is 4.34. The summed E-state index contributed by atoms with van der Waals surface area (Å²) in [4.78, 5) is 12.5. The van der Waals surface area contributed by atoms with Gasteiger partial charge in [0, 0.05) is 5.56 Å². The molecular weight excluding hydrogens is 268 g/mol. The molecular formula is C15H12N4O2. The topological polar surface area (TPSA) is 73.3 Å². The highest BCUT2D eigenvalue weighted by Gasteiger charge is 2.10. The van der Waals surface area contributed by atoms with E-state index in [4.69, 9.17) is 4.42 Å². The molecule has 0 unspecified atom stereocenters. The molecule has 0 amide bonds. The van der Waals surface area contributed by atoms with Crippen molar-refractivity contribution in [2.45, 2.75) is 6.92 Å². The zero-order valence-electron chi connectivity index (χ0n) is 11.3. The van der Waals surface area contributed by atoms with Crippen molar-refractivity contribution < 1.29 is 4.42 Å². The maximum atomic E-state index is 12.5. The molecule has 0 spiro atoms. The van der Waals surface area contributed by atoms with Crippen LogP contribution in [0.25, 0.3) is 11.3 Å². The standard InChI is InChI=1S/C15H12N4O2/c1-11-17-18-14(12-6-3-2-4-7-12)15(20)19(11)16-10-13-8-5-9-21-13/h2-10H,1H3/b16-10+. The van der Waals surface area contributed by atoms with E-state index in [1.165, 1.54) is 17.2 Å². The van der Waals surface area contributed by atoms with Crippen molar-refractivity contribution in [2.75, 3.05) is 0 Å². The minimum absolute atomic E-state index is 0.262. The van der Waals surface area contributed by atoms with Crippen LogP contribution in [0, 0.1) is 6.92 Å². The van der Waals surface area contributed by atoms with Crippen molar-refractivity contribution in [3.63, 3.8) is 0 Å². The molecule has 3 aromatic rings. The van der Waals surface area contributed by atoms with Gasteiger partial charge in [0.05, 0.1) is 12.5 Å². The van der Waals surface area contributed by atoms with Gasteiger partial charge in [-0.2, -0.15) is 9.78 Å². The fraction of sp³-hybridized carbons (Fsp3) is 0.0667. The Morgan fingerprint density at radius 1 is 1.14 bits per heavy atom. The Morgan fingerprint density at radius 2 is 1.95 bits per heavy atom. The van der Waals surface area contributed by atoms with E-state index in [1.807, 2.05) is 18.2 Å². The minimum atomic E-state index is -0.323. The van der Waals surface area contributed by atoms with Gasteiger partial charge in [0.25, 0.3) is 0 Å². The van der Waals surface area contributed by atoms with Crippen molar-refractivity contribution in [3.8, 4) is 11.3 Å². The molecule has 0 saturated carbocycles. The first-order valence-corrected chi connectivity index (χ1v) is 6.35. The zero-order chi connectivity index (χ0) is 14.7. The van der Waals surface area contributed by atoms with Crippen LogP contribution in [0.4, 0.5) is 0 Å². The largest absolute Gasteiger partial charge is 0.463 e. The first-order chi connectivity index (χ1) is 10.3. The summed E-state index contributed by atoms with van der Waals surface area (Å²) in [7, 11) is 0. The Morgan fingerprint density at radius 3 is 2.67 bits per heavy atom. The lowest BCUT2D eigenvalue weighted by molar-refractivity contribution is 0.559. The summed E-state index contributed by atoms with van der Waals surface area (Å²) in [5.41, 5.74) is 0.645. The molecule has 6 nitrogen and oxygen atoms in total. The predicted octanol–water partition coefficient (Wildman–Crippen LogP) is 2.09. The van der Waals surface area contributed by atoms with Crippen LogP contribution in [0.15, 0.2) is 63.0 Å². The SMILES string of the molecule is Cc1nnc(-c2ccccc2)c(=O)n1/N=C/c1ccco1. The van der Waals surface area contributed by atoms with E-state index < -0.39 is 0 Å². The molecule has 1 aromatic carbocycles. The summed E-state index contributed by atoms with van der Waals surface area (Å²) in [5.74, 6) is 0.960. The molecule has 6 heteroatoms. The van der Waals surface area contributed by atoms with E-state index in [1.54, 1.807) is 31.2 Å².